The quantitative estimate of drug-likeness (QED) is 0.713. The highest BCUT2D eigenvalue weighted by Crippen LogP contribution is 2.26. The van der Waals surface area contributed by atoms with E-state index in [1.165, 1.54) is 0 Å². The minimum atomic E-state index is -0.0571. The van der Waals surface area contributed by atoms with E-state index < -0.39 is 0 Å². The summed E-state index contributed by atoms with van der Waals surface area (Å²) in [7, 11) is 0. The van der Waals surface area contributed by atoms with Crippen LogP contribution in [-0.2, 0) is 4.74 Å². The number of fused-ring (bicyclic) bond motifs is 1. The van der Waals surface area contributed by atoms with Crippen LogP contribution >= 0.6 is 11.3 Å². The Labute approximate surface area is 144 Å². The van der Waals surface area contributed by atoms with Gasteiger partial charge in [0, 0.05) is 12.1 Å². The molecule has 0 bridgehead atoms. The highest BCUT2D eigenvalue weighted by atomic mass is 32.1. The first kappa shape index (κ1) is 15.3. The van der Waals surface area contributed by atoms with Gasteiger partial charge in [-0.1, -0.05) is 30.3 Å². The number of ether oxygens (including phenoxy) is 1. The van der Waals surface area contributed by atoms with Gasteiger partial charge in [-0.3, -0.25) is 4.79 Å². The third-order valence-corrected chi connectivity index (χ3v) is 5.20. The van der Waals surface area contributed by atoms with Crippen LogP contribution in [-0.4, -0.2) is 35.5 Å². The number of amides is 1. The standard InChI is InChI=1S/C19H18N2O2S/c1-13-20-16-8-7-15(11-18(16)24-13)19(22)21-9-10-23-17(12-21)14-5-3-2-4-6-14/h2-8,11,17H,9-10,12H2,1H3/t17-/m1/s1. The van der Waals surface area contributed by atoms with Crippen LogP contribution in [0.3, 0.4) is 0 Å². The predicted octanol–water partition coefficient (Wildman–Crippen LogP) is 3.82. The Kier molecular flexibility index (Phi) is 4.04. The fraction of sp³-hybridized carbons (Fsp3) is 0.263. The van der Waals surface area contributed by atoms with E-state index in [0.717, 1.165) is 26.4 Å². The Morgan fingerprint density at radius 3 is 2.92 bits per heavy atom. The molecule has 4 nitrogen and oxygen atoms in total. The minimum Gasteiger partial charge on any atom is -0.370 e. The second kappa shape index (κ2) is 6.34. The van der Waals surface area contributed by atoms with E-state index >= 15 is 0 Å². The summed E-state index contributed by atoms with van der Waals surface area (Å²) < 4.78 is 6.91. The van der Waals surface area contributed by atoms with E-state index in [-0.39, 0.29) is 12.0 Å². The number of thiazole rings is 1. The molecule has 0 aliphatic carbocycles. The summed E-state index contributed by atoms with van der Waals surface area (Å²) in [6.45, 7) is 3.76. The summed E-state index contributed by atoms with van der Waals surface area (Å²) >= 11 is 1.62. The number of hydrogen-bond donors (Lipinski definition) is 0. The molecule has 4 rings (SSSR count). The molecular formula is C19H18N2O2S. The second-order valence-electron chi connectivity index (χ2n) is 5.94. The Hall–Kier alpha value is -2.24. The van der Waals surface area contributed by atoms with Gasteiger partial charge >= 0.3 is 0 Å². The third kappa shape index (κ3) is 2.92. The normalized spacial score (nSPS) is 18.0. The van der Waals surface area contributed by atoms with E-state index in [1.807, 2.05) is 60.4 Å². The molecule has 0 N–H and O–H groups in total. The van der Waals surface area contributed by atoms with Crippen LogP contribution in [0.25, 0.3) is 10.2 Å². The number of nitrogens with zero attached hydrogens (tertiary/aromatic N) is 2. The van der Waals surface area contributed by atoms with Crippen molar-refractivity contribution in [3.05, 3.63) is 64.7 Å². The topological polar surface area (TPSA) is 42.4 Å². The molecule has 1 amide bonds. The van der Waals surface area contributed by atoms with Crippen LogP contribution in [0.2, 0.25) is 0 Å². The van der Waals surface area contributed by atoms with Crippen LogP contribution in [0.5, 0.6) is 0 Å². The minimum absolute atomic E-state index is 0.0571. The first-order valence-electron chi connectivity index (χ1n) is 8.04. The van der Waals surface area contributed by atoms with Crippen molar-refractivity contribution >= 4 is 27.5 Å². The number of carbonyl (C=O) groups excluding carboxylic acids is 1. The van der Waals surface area contributed by atoms with Gasteiger partial charge in [-0.15, -0.1) is 11.3 Å². The van der Waals surface area contributed by atoms with Crippen LogP contribution in [0.4, 0.5) is 0 Å². The first-order chi connectivity index (χ1) is 11.7. The molecule has 5 heteroatoms. The molecule has 2 aromatic carbocycles. The molecule has 0 unspecified atom stereocenters. The lowest BCUT2D eigenvalue weighted by Crippen LogP contribution is -2.42. The SMILES string of the molecule is Cc1nc2ccc(C(=O)N3CCO[C@@H](c4ccccc4)C3)cc2s1. The molecule has 1 aliphatic rings. The third-order valence-electron chi connectivity index (χ3n) is 4.27. The molecule has 24 heavy (non-hydrogen) atoms. The van der Waals surface area contributed by atoms with Crippen molar-refractivity contribution in [1.29, 1.82) is 0 Å². The van der Waals surface area contributed by atoms with Crippen molar-refractivity contribution in [3.63, 3.8) is 0 Å². The average molecular weight is 338 g/mol. The zero-order valence-corrected chi connectivity index (χ0v) is 14.3. The fourth-order valence-electron chi connectivity index (χ4n) is 3.06. The van der Waals surface area contributed by atoms with Gasteiger partial charge in [-0.25, -0.2) is 4.98 Å². The van der Waals surface area contributed by atoms with Crippen molar-refractivity contribution in [2.24, 2.45) is 0 Å². The Balaban J connectivity index is 1.56. The lowest BCUT2D eigenvalue weighted by molar-refractivity contribution is -0.0228. The van der Waals surface area contributed by atoms with Crippen molar-refractivity contribution in [2.75, 3.05) is 19.7 Å². The number of carbonyl (C=O) groups is 1. The molecule has 1 aromatic heterocycles. The summed E-state index contributed by atoms with van der Waals surface area (Å²) in [4.78, 5) is 19.2. The maximum Gasteiger partial charge on any atom is 0.254 e. The molecule has 1 saturated heterocycles. The molecule has 0 spiro atoms. The van der Waals surface area contributed by atoms with Crippen LogP contribution < -0.4 is 0 Å². The van der Waals surface area contributed by atoms with Gasteiger partial charge in [-0.05, 0) is 30.7 Å². The molecule has 1 aliphatic heterocycles. The van der Waals surface area contributed by atoms with Gasteiger partial charge in [0.2, 0.25) is 0 Å². The lowest BCUT2D eigenvalue weighted by Gasteiger charge is -2.33. The summed E-state index contributed by atoms with van der Waals surface area (Å²) in [5.41, 5.74) is 2.79. The molecule has 3 aromatic rings. The van der Waals surface area contributed by atoms with E-state index in [0.29, 0.717) is 19.7 Å². The lowest BCUT2D eigenvalue weighted by atomic mass is 10.1. The first-order valence-corrected chi connectivity index (χ1v) is 8.85. The number of morpholine rings is 1. The molecule has 2 heterocycles. The van der Waals surface area contributed by atoms with E-state index in [4.69, 9.17) is 4.74 Å². The second-order valence-corrected chi connectivity index (χ2v) is 7.17. The average Bonchev–Trinajstić information content (AvgIpc) is 3.01. The largest absolute Gasteiger partial charge is 0.370 e. The molecule has 0 saturated carbocycles. The van der Waals surface area contributed by atoms with Gasteiger partial charge in [0.15, 0.2) is 0 Å². The smallest absolute Gasteiger partial charge is 0.254 e. The maximum absolute atomic E-state index is 12.9. The number of benzene rings is 2. The summed E-state index contributed by atoms with van der Waals surface area (Å²) in [5.74, 6) is 0.0622. The van der Waals surface area contributed by atoms with Gasteiger partial charge in [0.1, 0.15) is 6.10 Å². The number of hydrogen-bond acceptors (Lipinski definition) is 4. The summed E-state index contributed by atoms with van der Waals surface area (Å²) in [6.07, 6.45) is -0.0571. The van der Waals surface area contributed by atoms with Crippen molar-refractivity contribution in [3.8, 4) is 0 Å². The molecule has 1 fully saturated rings. The van der Waals surface area contributed by atoms with Crippen molar-refractivity contribution < 1.29 is 9.53 Å². The highest BCUT2D eigenvalue weighted by Gasteiger charge is 2.26. The summed E-state index contributed by atoms with van der Waals surface area (Å²) in [6, 6.07) is 15.8. The van der Waals surface area contributed by atoms with Gasteiger partial charge in [0.05, 0.1) is 28.4 Å². The Morgan fingerprint density at radius 2 is 2.08 bits per heavy atom. The van der Waals surface area contributed by atoms with Crippen molar-refractivity contribution in [1.82, 2.24) is 9.88 Å². The van der Waals surface area contributed by atoms with Crippen LogP contribution in [0, 0.1) is 6.92 Å². The zero-order valence-electron chi connectivity index (χ0n) is 13.4. The monoisotopic (exact) mass is 338 g/mol. The van der Waals surface area contributed by atoms with Crippen LogP contribution in [0.15, 0.2) is 48.5 Å². The number of rotatable bonds is 2. The maximum atomic E-state index is 12.9. The highest BCUT2D eigenvalue weighted by molar-refractivity contribution is 7.18. The number of aromatic nitrogens is 1. The van der Waals surface area contributed by atoms with Gasteiger partial charge < -0.3 is 9.64 Å². The molecule has 1 atom stereocenters. The van der Waals surface area contributed by atoms with E-state index in [9.17, 15) is 4.79 Å². The van der Waals surface area contributed by atoms with E-state index in [1.54, 1.807) is 11.3 Å². The zero-order chi connectivity index (χ0) is 16.5. The Morgan fingerprint density at radius 1 is 1.25 bits per heavy atom. The Bertz CT molecular complexity index is 875. The molecule has 122 valence electrons. The van der Waals surface area contributed by atoms with Crippen LogP contribution in [0.1, 0.15) is 27.0 Å². The molecular weight excluding hydrogens is 320 g/mol. The predicted molar refractivity (Wildman–Crippen MR) is 95.4 cm³/mol. The summed E-state index contributed by atoms with van der Waals surface area (Å²) in [5, 5.41) is 1.02. The van der Waals surface area contributed by atoms with Gasteiger partial charge in [0.25, 0.3) is 5.91 Å². The van der Waals surface area contributed by atoms with E-state index in [2.05, 4.69) is 4.98 Å². The fourth-order valence-corrected chi connectivity index (χ4v) is 3.92. The van der Waals surface area contributed by atoms with Gasteiger partial charge in [-0.2, -0.15) is 0 Å². The molecule has 0 radical (unpaired) electrons. The number of aryl methyl sites for hydroxylation is 1. The van der Waals surface area contributed by atoms with Crippen molar-refractivity contribution in [2.45, 2.75) is 13.0 Å².